The zero-order chi connectivity index (χ0) is 9.84. The molecule has 70 valence electrons. The summed E-state index contributed by atoms with van der Waals surface area (Å²) < 4.78 is 11.2. The lowest BCUT2D eigenvalue weighted by atomic mass is 10.2. The fraction of sp³-hybridized carbons (Fsp3) is 0.200. The molecule has 2 nitrogen and oxygen atoms in total. The number of hydrogen-bond acceptors (Lipinski definition) is 2. The molecule has 0 heterocycles. The van der Waals surface area contributed by atoms with Crippen LogP contribution in [0.15, 0.2) is 29.4 Å². The Balaban J connectivity index is 3.18. The maximum Gasteiger partial charge on any atom is 0.144 e. The molecule has 0 amide bonds. The molecule has 0 spiro atoms. The first-order valence-electron chi connectivity index (χ1n) is 3.80. The molecule has 0 atom stereocenters. The van der Waals surface area contributed by atoms with Crippen LogP contribution >= 0.6 is 15.9 Å². The van der Waals surface area contributed by atoms with E-state index in [4.69, 9.17) is 9.47 Å². The third-order valence-corrected chi connectivity index (χ3v) is 2.36. The zero-order valence-corrected chi connectivity index (χ0v) is 9.22. The molecule has 0 bridgehead atoms. The molecule has 3 heteroatoms. The van der Waals surface area contributed by atoms with E-state index < -0.39 is 0 Å². The highest BCUT2D eigenvalue weighted by Crippen LogP contribution is 2.35. The van der Waals surface area contributed by atoms with Gasteiger partial charge in [-0.2, -0.15) is 0 Å². The van der Waals surface area contributed by atoms with Crippen LogP contribution in [0, 0.1) is 6.92 Å². The Labute approximate surface area is 86.3 Å². The van der Waals surface area contributed by atoms with Gasteiger partial charge in [0.15, 0.2) is 0 Å². The van der Waals surface area contributed by atoms with Crippen LogP contribution in [0.5, 0.6) is 11.5 Å². The minimum atomic E-state index is 0.715. The lowest BCUT2D eigenvalue weighted by molar-refractivity contribution is 0.404. The van der Waals surface area contributed by atoms with Crippen molar-refractivity contribution in [1.82, 2.24) is 0 Å². The van der Waals surface area contributed by atoms with Gasteiger partial charge in [0, 0.05) is 0 Å². The number of ether oxygens (including phenoxy) is 2. The fourth-order valence-electron chi connectivity index (χ4n) is 1.03. The average Bonchev–Trinajstić information content (AvgIpc) is 2.11. The average molecular weight is 243 g/mol. The van der Waals surface area contributed by atoms with E-state index in [2.05, 4.69) is 22.5 Å². The monoisotopic (exact) mass is 242 g/mol. The summed E-state index contributed by atoms with van der Waals surface area (Å²) in [6.45, 7) is 5.48. The zero-order valence-electron chi connectivity index (χ0n) is 7.63. The molecule has 0 saturated carbocycles. The minimum Gasteiger partial charge on any atom is -0.495 e. The van der Waals surface area contributed by atoms with Crippen LogP contribution in [0.3, 0.4) is 0 Å². The first kappa shape index (κ1) is 10.1. The van der Waals surface area contributed by atoms with E-state index in [1.54, 1.807) is 7.11 Å². The largest absolute Gasteiger partial charge is 0.495 e. The molecule has 0 fully saturated rings. The molecule has 0 unspecified atom stereocenters. The first-order chi connectivity index (χ1) is 6.19. The fourth-order valence-corrected chi connectivity index (χ4v) is 1.51. The van der Waals surface area contributed by atoms with Gasteiger partial charge in [-0.15, -0.1) is 0 Å². The summed E-state index contributed by atoms with van der Waals surface area (Å²) in [5.41, 5.74) is 1.08. The van der Waals surface area contributed by atoms with E-state index in [0.29, 0.717) is 5.75 Å². The van der Waals surface area contributed by atoms with Crippen molar-refractivity contribution in [2.45, 2.75) is 6.92 Å². The normalized spacial score (nSPS) is 9.46. The summed E-state index contributed by atoms with van der Waals surface area (Å²) in [4.78, 5) is 0. The predicted octanol–water partition coefficient (Wildman–Crippen LogP) is 3.29. The van der Waals surface area contributed by atoms with Crippen LogP contribution in [0.4, 0.5) is 0 Å². The molecule has 0 aliphatic heterocycles. The second kappa shape index (κ2) is 4.33. The molecule has 0 radical (unpaired) electrons. The summed E-state index contributed by atoms with van der Waals surface area (Å²) in [6, 6.07) is 3.84. The van der Waals surface area contributed by atoms with Gasteiger partial charge in [-0.25, -0.2) is 0 Å². The first-order valence-corrected chi connectivity index (χ1v) is 4.60. The molecule has 1 rings (SSSR count). The lowest BCUT2D eigenvalue weighted by Gasteiger charge is -2.09. The SMILES string of the molecule is C=COc1cc(C)cc(OC)c1Br. The second-order valence-electron chi connectivity index (χ2n) is 2.56. The van der Waals surface area contributed by atoms with Crippen molar-refractivity contribution < 1.29 is 9.47 Å². The third-order valence-electron chi connectivity index (χ3n) is 1.58. The van der Waals surface area contributed by atoms with Crippen molar-refractivity contribution in [3.05, 3.63) is 35.0 Å². The molecule has 0 aliphatic rings. The molecule has 0 aliphatic carbocycles. The molecule has 13 heavy (non-hydrogen) atoms. The summed E-state index contributed by atoms with van der Waals surface area (Å²) in [5, 5.41) is 0. The van der Waals surface area contributed by atoms with Crippen LogP contribution in [0.25, 0.3) is 0 Å². The Bertz CT molecular complexity index is 321. The van der Waals surface area contributed by atoms with Crippen LogP contribution in [-0.4, -0.2) is 7.11 Å². The van der Waals surface area contributed by atoms with Gasteiger partial charge in [-0.3, -0.25) is 0 Å². The van der Waals surface area contributed by atoms with Gasteiger partial charge in [-0.1, -0.05) is 6.58 Å². The van der Waals surface area contributed by atoms with E-state index in [0.717, 1.165) is 15.8 Å². The highest BCUT2D eigenvalue weighted by atomic mass is 79.9. The van der Waals surface area contributed by atoms with E-state index in [1.165, 1.54) is 6.26 Å². The highest BCUT2D eigenvalue weighted by Gasteiger charge is 2.07. The Morgan fingerprint density at radius 3 is 2.54 bits per heavy atom. The van der Waals surface area contributed by atoms with E-state index in [9.17, 15) is 0 Å². The standard InChI is InChI=1S/C10H11BrO2/c1-4-13-9-6-7(2)5-8(12-3)10(9)11/h4-6H,1H2,2-3H3. The van der Waals surface area contributed by atoms with Crippen molar-refractivity contribution in [2.24, 2.45) is 0 Å². The van der Waals surface area contributed by atoms with Crippen LogP contribution in [-0.2, 0) is 0 Å². The Morgan fingerprint density at radius 1 is 1.38 bits per heavy atom. The smallest absolute Gasteiger partial charge is 0.144 e. The van der Waals surface area contributed by atoms with Gasteiger partial charge in [0.2, 0.25) is 0 Å². The van der Waals surface area contributed by atoms with Crippen LogP contribution in [0.1, 0.15) is 5.56 Å². The summed E-state index contributed by atoms with van der Waals surface area (Å²) >= 11 is 3.38. The van der Waals surface area contributed by atoms with Crippen molar-refractivity contribution in [3.63, 3.8) is 0 Å². The third kappa shape index (κ3) is 2.25. The molecular formula is C10H11BrO2. The van der Waals surface area contributed by atoms with E-state index in [-0.39, 0.29) is 0 Å². The maximum atomic E-state index is 5.20. The van der Waals surface area contributed by atoms with Gasteiger partial charge in [0.05, 0.1) is 13.4 Å². The van der Waals surface area contributed by atoms with Crippen LogP contribution in [0.2, 0.25) is 0 Å². The number of methoxy groups -OCH3 is 1. The van der Waals surface area contributed by atoms with E-state index >= 15 is 0 Å². The molecule has 1 aromatic carbocycles. The Kier molecular flexibility index (Phi) is 3.37. The highest BCUT2D eigenvalue weighted by molar-refractivity contribution is 9.10. The Morgan fingerprint density at radius 2 is 2.00 bits per heavy atom. The number of rotatable bonds is 3. The van der Waals surface area contributed by atoms with Crippen molar-refractivity contribution in [3.8, 4) is 11.5 Å². The van der Waals surface area contributed by atoms with Gasteiger partial charge in [-0.05, 0) is 40.5 Å². The molecule has 1 aromatic rings. The summed E-state index contributed by atoms with van der Waals surface area (Å²) in [7, 11) is 1.62. The van der Waals surface area contributed by atoms with E-state index in [1.807, 2.05) is 19.1 Å². The molecule has 0 saturated heterocycles. The topological polar surface area (TPSA) is 18.5 Å². The second-order valence-corrected chi connectivity index (χ2v) is 3.36. The van der Waals surface area contributed by atoms with Gasteiger partial charge in [0.25, 0.3) is 0 Å². The number of aryl methyl sites for hydroxylation is 1. The van der Waals surface area contributed by atoms with Gasteiger partial charge >= 0.3 is 0 Å². The molecular weight excluding hydrogens is 232 g/mol. The number of benzene rings is 1. The minimum absolute atomic E-state index is 0.715. The molecule has 0 N–H and O–H groups in total. The lowest BCUT2D eigenvalue weighted by Crippen LogP contribution is -1.90. The summed E-state index contributed by atoms with van der Waals surface area (Å²) in [5.74, 6) is 1.48. The van der Waals surface area contributed by atoms with Gasteiger partial charge < -0.3 is 9.47 Å². The number of hydrogen-bond donors (Lipinski definition) is 0. The quantitative estimate of drug-likeness (QED) is 0.758. The Hall–Kier alpha value is -0.960. The number of halogens is 1. The molecule has 0 aromatic heterocycles. The van der Waals surface area contributed by atoms with Crippen molar-refractivity contribution in [1.29, 1.82) is 0 Å². The predicted molar refractivity (Wildman–Crippen MR) is 56.3 cm³/mol. The summed E-state index contributed by atoms with van der Waals surface area (Å²) in [6.07, 6.45) is 1.39. The van der Waals surface area contributed by atoms with Crippen molar-refractivity contribution in [2.75, 3.05) is 7.11 Å². The van der Waals surface area contributed by atoms with Gasteiger partial charge in [0.1, 0.15) is 16.0 Å². The van der Waals surface area contributed by atoms with Crippen LogP contribution < -0.4 is 9.47 Å². The van der Waals surface area contributed by atoms with Crippen molar-refractivity contribution >= 4 is 15.9 Å². The maximum absolute atomic E-state index is 5.20.